The van der Waals surface area contributed by atoms with Crippen LogP contribution in [-0.4, -0.2) is 29.8 Å². The molecule has 0 bridgehead atoms. The van der Waals surface area contributed by atoms with Crippen LogP contribution in [0.2, 0.25) is 5.15 Å². The molecule has 0 atom stereocenters. The molecule has 0 saturated carbocycles. The van der Waals surface area contributed by atoms with Crippen LogP contribution in [0.4, 0.5) is 5.69 Å². The molecule has 0 saturated heterocycles. The smallest absolute Gasteiger partial charge is 0.315 e. The highest BCUT2D eigenvalue weighted by molar-refractivity contribution is 6.29. The van der Waals surface area contributed by atoms with Crippen LogP contribution in [0, 0.1) is 6.92 Å². The molecule has 1 aromatic heterocycles. The number of halogens is 1. The first-order valence-electron chi connectivity index (χ1n) is 5.46. The van der Waals surface area contributed by atoms with Crippen LogP contribution in [0.5, 0.6) is 0 Å². The number of aliphatic imine (C=N–C) groups is 1. The van der Waals surface area contributed by atoms with Gasteiger partial charge in [-0.1, -0.05) is 11.6 Å². The topological polar surface area (TPSA) is 80.7 Å². The maximum atomic E-state index is 11.4. The van der Waals surface area contributed by atoms with Gasteiger partial charge in [-0.25, -0.2) is 4.98 Å². The van der Waals surface area contributed by atoms with Crippen LogP contribution >= 0.6 is 11.6 Å². The number of hydrogen-bond donors (Lipinski definition) is 1. The largest absolute Gasteiger partial charge is 0.469 e. The third-order valence-corrected chi connectivity index (χ3v) is 2.41. The van der Waals surface area contributed by atoms with E-state index in [0.717, 1.165) is 5.56 Å². The van der Waals surface area contributed by atoms with Gasteiger partial charge in [0.1, 0.15) is 17.4 Å². The molecule has 1 N–H and O–H groups in total. The van der Waals surface area contributed by atoms with Crippen molar-refractivity contribution in [2.45, 2.75) is 20.3 Å². The number of pyridine rings is 1. The summed E-state index contributed by atoms with van der Waals surface area (Å²) >= 11 is 5.77. The summed E-state index contributed by atoms with van der Waals surface area (Å²) in [6, 6.07) is 1.63. The summed E-state index contributed by atoms with van der Waals surface area (Å²) in [5, 5.41) is 3.26. The standard InChI is InChI=1S/C12H14ClN3O3/c1-7-6-14-10(13)4-9(7)15-8(2)16-11(17)5-12(18)19-3/h4,6H,5H2,1-3H3,(H,14,15,16,17). The number of rotatable bonds is 3. The Kier molecular flexibility index (Phi) is 5.44. The number of hydrogen-bond acceptors (Lipinski definition) is 4. The molecule has 102 valence electrons. The van der Waals surface area contributed by atoms with Crippen molar-refractivity contribution in [2.24, 2.45) is 4.99 Å². The summed E-state index contributed by atoms with van der Waals surface area (Å²) in [7, 11) is 1.22. The highest BCUT2D eigenvalue weighted by atomic mass is 35.5. The average Bonchev–Trinajstić information content (AvgIpc) is 2.33. The number of amidine groups is 1. The molecule has 0 radical (unpaired) electrons. The fourth-order valence-electron chi connectivity index (χ4n) is 1.28. The maximum Gasteiger partial charge on any atom is 0.315 e. The summed E-state index contributed by atoms with van der Waals surface area (Å²) < 4.78 is 4.38. The summed E-state index contributed by atoms with van der Waals surface area (Å²) in [6.45, 7) is 3.46. The third kappa shape index (κ3) is 5.05. The van der Waals surface area contributed by atoms with Crippen molar-refractivity contribution in [1.82, 2.24) is 4.98 Å². The van der Waals surface area contributed by atoms with Crippen molar-refractivity contribution in [3.05, 3.63) is 23.0 Å². The third-order valence-electron chi connectivity index (χ3n) is 2.20. The predicted molar refractivity (Wildman–Crippen MR) is 72.4 cm³/mol. The van der Waals surface area contributed by atoms with Crippen molar-refractivity contribution in [2.75, 3.05) is 12.4 Å². The average molecular weight is 284 g/mol. The number of carbonyl (C=O) groups excluding carboxylic acids is 2. The molecule has 19 heavy (non-hydrogen) atoms. The van der Waals surface area contributed by atoms with Crippen molar-refractivity contribution in [1.29, 1.82) is 0 Å². The minimum atomic E-state index is -0.621. The van der Waals surface area contributed by atoms with Crippen molar-refractivity contribution < 1.29 is 14.3 Å². The van der Waals surface area contributed by atoms with E-state index in [9.17, 15) is 9.59 Å². The molecule has 0 aliphatic carbocycles. The van der Waals surface area contributed by atoms with E-state index in [1.807, 2.05) is 6.92 Å². The summed E-state index contributed by atoms with van der Waals surface area (Å²) in [5.41, 5.74) is 1.56. The molecule has 1 aromatic rings. The van der Waals surface area contributed by atoms with Crippen molar-refractivity contribution >= 4 is 35.0 Å². The van der Waals surface area contributed by atoms with Crippen LogP contribution < -0.4 is 5.32 Å². The Morgan fingerprint density at radius 1 is 1.53 bits per heavy atom. The first-order chi connectivity index (χ1) is 8.92. The van der Waals surface area contributed by atoms with Gasteiger partial charge >= 0.3 is 5.97 Å². The Balaban J connectivity index is 2.73. The molecule has 1 amide bonds. The first kappa shape index (κ1) is 15.1. The molecule has 7 heteroatoms. The van der Waals surface area contributed by atoms with Gasteiger partial charge in [-0.15, -0.1) is 0 Å². The van der Waals surface area contributed by atoms with E-state index in [1.165, 1.54) is 7.11 Å². The number of anilines is 1. The molecule has 0 aromatic carbocycles. The molecule has 0 spiro atoms. The van der Waals surface area contributed by atoms with E-state index in [2.05, 4.69) is 20.0 Å². The number of carbonyl (C=O) groups is 2. The number of amides is 1. The number of methoxy groups -OCH3 is 1. The Bertz CT molecular complexity index is 529. The quantitative estimate of drug-likeness (QED) is 0.301. The van der Waals surface area contributed by atoms with Crippen LogP contribution in [0.25, 0.3) is 0 Å². The van der Waals surface area contributed by atoms with Crippen molar-refractivity contribution in [3.8, 4) is 0 Å². The van der Waals surface area contributed by atoms with Gasteiger partial charge in [0, 0.05) is 11.9 Å². The Morgan fingerprint density at radius 3 is 2.84 bits per heavy atom. The highest BCUT2D eigenvalue weighted by Gasteiger charge is 2.09. The molecular formula is C12H14ClN3O3. The Morgan fingerprint density at radius 2 is 2.21 bits per heavy atom. The summed E-state index contributed by atoms with van der Waals surface area (Å²) in [4.78, 5) is 29.9. The maximum absolute atomic E-state index is 11.4. The van der Waals surface area contributed by atoms with E-state index in [1.54, 1.807) is 19.2 Å². The second kappa shape index (κ2) is 6.84. The van der Waals surface area contributed by atoms with E-state index >= 15 is 0 Å². The zero-order valence-electron chi connectivity index (χ0n) is 10.9. The molecule has 0 aliphatic heterocycles. The van der Waals surface area contributed by atoms with Crippen molar-refractivity contribution in [3.63, 3.8) is 0 Å². The predicted octanol–water partition coefficient (Wildman–Crippen LogP) is 1.96. The van der Waals surface area contributed by atoms with Gasteiger partial charge < -0.3 is 10.1 Å². The fourth-order valence-corrected chi connectivity index (χ4v) is 1.44. The summed E-state index contributed by atoms with van der Waals surface area (Å²) in [6.07, 6.45) is 1.22. The minimum absolute atomic E-state index is 0.335. The van der Waals surface area contributed by atoms with E-state index < -0.39 is 11.9 Å². The van der Waals surface area contributed by atoms with E-state index in [4.69, 9.17) is 11.6 Å². The molecule has 0 aliphatic rings. The van der Waals surface area contributed by atoms with E-state index in [-0.39, 0.29) is 6.42 Å². The zero-order chi connectivity index (χ0) is 14.4. The molecule has 6 nitrogen and oxygen atoms in total. The number of ether oxygens (including phenoxy) is 1. The first-order valence-corrected chi connectivity index (χ1v) is 5.84. The lowest BCUT2D eigenvalue weighted by Gasteiger charge is -2.08. The van der Waals surface area contributed by atoms with Crippen LogP contribution in [0.1, 0.15) is 18.9 Å². The lowest BCUT2D eigenvalue weighted by atomic mass is 10.2. The van der Waals surface area contributed by atoms with Gasteiger partial charge in [-0.2, -0.15) is 4.99 Å². The monoisotopic (exact) mass is 283 g/mol. The van der Waals surface area contributed by atoms with Gasteiger partial charge in [-0.05, 0) is 25.5 Å². The van der Waals surface area contributed by atoms with Gasteiger partial charge in [-0.3, -0.25) is 9.59 Å². The van der Waals surface area contributed by atoms with Crippen LogP contribution in [0.15, 0.2) is 17.3 Å². The van der Waals surface area contributed by atoms with Gasteiger partial charge in [0.15, 0.2) is 0 Å². The molecular weight excluding hydrogens is 270 g/mol. The normalized spacial score (nSPS) is 11.1. The number of aryl methyl sites for hydroxylation is 1. The Labute approximate surface area is 115 Å². The number of nitrogens with one attached hydrogen (secondary N) is 1. The van der Waals surface area contributed by atoms with Crippen LogP contribution in [0.3, 0.4) is 0 Å². The zero-order valence-corrected chi connectivity index (χ0v) is 11.6. The lowest BCUT2D eigenvalue weighted by molar-refractivity contribution is -0.143. The van der Waals surface area contributed by atoms with Gasteiger partial charge in [0.25, 0.3) is 5.91 Å². The fraction of sp³-hybridized carbons (Fsp3) is 0.333. The number of esters is 1. The molecule has 0 unspecified atom stereocenters. The highest BCUT2D eigenvalue weighted by Crippen LogP contribution is 2.17. The second-order valence-electron chi connectivity index (χ2n) is 3.79. The minimum Gasteiger partial charge on any atom is -0.469 e. The van der Waals surface area contributed by atoms with Crippen LogP contribution in [-0.2, 0) is 14.3 Å². The number of aromatic nitrogens is 1. The second-order valence-corrected chi connectivity index (χ2v) is 4.18. The SMILES string of the molecule is COC(=O)CC(=O)/N=C(\C)Nc1cc(Cl)ncc1C. The van der Waals surface area contributed by atoms with Gasteiger partial charge in [0.05, 0.1) is 7.11 Å². The molecule has 1 heterocycles. The van der Waals surface area contributed by atoms with Gasteiger partial charge in [0.2, 0.25) is 0 Å². The lowest BCUT2D eigenvalue weighted by Crippen LogP contribution is -2.14. The van der Waals surface area contributed by atoms with E-state index in [0.29, 0.717) is 16.7 Å². The summed E-state index contributed by atoms with van der Waals surface area (Å²) in [5.74, 6) is -0.835. The molecule has 1 rings (SSSR count). The Hall–Kier alpha value is -1.95. The number of nitrogens with zero attached hydrogens (tertiary/aromatic N) is 2. The molecule has 0 fully saturated rings.